The van der Waals surface area contributed by atoms with E-state index in [1.54, 1.807) is 0 Å². The van der Waals surface area contributed by atoms with Gasteiger partial charge in [-0.3, -0.25) is 0 Å². The quantitative estimate of drug-likeness (QED) is 0.943. The van der Waals surface area contributed by atoms with Gasteiger partial charge in [0, 0.05) is 6.54 Å². The van der Waals surface area contributed by atoms with Gasteiger partial charge in [0.25, 0.3) is 0 Å². The Morgan fingerprint density at radius 2 is 1.52 bits per heavy atom. The summed E-state index contributed by atoms with van der Waals surface area (Å²) in [7, 11) is -4.15. The van der Waals surface area contributed by atoms with Crippen LogP contribution in [0.25, 0.3) is 0 Å². The van der Waals surface area contributed by atoms with Gasteiger partial charge in [-0.2, -0.15) is 0 Å². The standard InChI is InChI=1S/C14H12F3NO2S/c15-11-2-1-9(7-18)10(5-11)8-21(19,20)14-6-12(16)3-4-13(14)17/h1-6H,7-8,18H2. The largest absolute Gasteiger partial charge is 0.326 e. The highest BCUT2D eigenvalue weighted by Gasteiger charge is 2.22. The van der Waals surface area contributed by atoms with Crippen molar-refractivity contribution in [3.63, 3.8) is 0 Å². The molecule has 0 fully saturated rings. The van der Waals surface area contributed by atoms with Crippen LogP contribution < -0.4 is 5.73 Å². The first-order chi connectivity index (χ1) is 9.83. The van der Waals surface area contributed by atoms with Crippen molar-refractivity contribution in [2.24, 2.45) is 5.73 Å². The highest BCUT2D eigenvalue weighted by molar-refractivity contribution is 7.90. The molecular formula is C14H12F3NO2S. The molecule has 0 radical (unpaired) electrons. The highest BCUT2D eigenvalue weighted by atomic mass is 32.2. The minimum atomic E-state index is -4.15. The van der Waals surface area contributed by atoms with Gasteiger partial charge in [0.05, 0.1) is 5.75 Å². The summed E-state index contributed by atoms with van der Waals surface area (Å²) in [5.41, 5.74) is 6.01. The Labute approximate surface area is 120 Å². The van der Waals surface area contributed by atoms with Crippen LogP contribution in [0.3, 0.4) is 0 Å². The molecule has 2 aromatic rings. The van der Waals surface area contributed by atoms with Crippen LogP contribution >= 0.6 is 0 Å². The van der Waals surface area contributed by atoms with Gasteiger partial charge in [0.15, 0.2) is 9.84 Å². The van der Waals surface area contributed by atoms with Crippen LogP contribution in [0.5, 0.6) is 0 Å². The van der Waals surface area contributed by atoms with Crippen LogP contribution in [0.4, 0.5) is 13.2 Å². The number of hydrogen-bond acceptors (Lipinski definition) is 3. The van der Waals surface area contributed by atoms with Gasteiger partial charge in [0.1, 0.15) is 22.3 Å². The number of rotatable bonds is 4. The fourth-order valence-corrected chi connectivity index (χ4v) is 3.42. The van der Waals surface area contributed by atoms with Gasteiger partial charge in [-0.1, -0.05) is 6.07 Å². The van der Waals surface area contributed by atoms with E-state index in [2.05, 4.69) is 0 Å². The molecule has 0 saturated heterocycles. The summed E-state index contributed by atoms with van der Waals surface area (Å²) >= 11 is 0. The average molecular weight is 315 g/mol. The topological polar surface area (TPSA) is 60.2 Å². The molecule has 0 aliphatic rings. The summed E-state index contributed by atoms with van der Waals surface area (Å²) in [4.78, 5) is -0.755. The number of benzene rings is 2. The monoisotopic (exact) mass is 315 g/mol. The number of halogens is 3. The Kier molecular flexibility index (Phi) is 4.34. The molecule has 3 nitrogen and oxygen atoms in total. The molecule has 112 valence electrons. The van der Waals surface area contributed by atoms with Crippen molar-refractivity contribution in [3.8, 4) is 0 Å². The minimum Gasteiger partial charge on any atom is -0.326 e. The van der Waals surface area contributed by atoms with Crippen molar-refractivity contribution >= 4 is 9.84 Å². The summed E-state index contributed by atoms with van der Waals surface area (Å²) in [5.74, 6) is -3.20. The molecule has 0 aromatic heterocycles. The minimum absolute atomic E-state index is 0.0107. The molecule has 0 amide bonds. The molecule has 2 aromatic carbocycles. The molecule has 2 rings (SSSR count). The van der Waals surface area contributed by atoms with Crippen LogP contribution in [0.1, 0.15) is 11.1 Å². The highest BCUT2D eigenvalue weighted by Crippen LogP contribution is 2.23. The Hall–Kier alpha value is -1.86. The zero-order chi connectivity index (χ0) is 15.6. The molecular weight excluding hydrogens is 303 g/mol. The summed E-state index contributed by atoms with van der Waals surface area (Å²) in [5, 5.41) is 0. The second kappa shape index (κ2) is 5.87. The summed E-state index contributed by atoms with van der Waals surface area (Å²) in [6.07, 6.45) is 0. The molecule has 0 spiro atoms. The number of nitrogens with two attached hydrogens (primary N) is 1. The van der Waals surface area contributed by atoms with Crippen LogP contribution in [0, 0.1) is 17.5 Å². The third kappa shape index (κ3) is 3.43. The smallest absolute Gasteiger partial charge is 0.185 e. The van der Waals surface area contributed by atoms with Gasteiger partial charge in [-0.15, -0.1) is 0 Å². The van der Waals surface area contributed by atoms with Crippen molar-refractivity contribution in [3.05, 3.63) is 65.0 Å². The Balaban J connectivity index is 2.47. The normalized spacial score (nSPS) is 11.6. The first-order valence-corrected chi connectivity index (χ1v) is 7.64. The van der Waals surface area contributed by atoms with Crippen molar-refractivity contribution in [2.45, 2.75) is 17.2 Å². The molecule has 7 heteroatoms. The predicted octanol–water partition coefficient (Wildman–Crippen LogP) is 2.54. The van der Waals surface area contributed by atoms with E-state index in [1.807, 2.05) is 0 Å². The average Bonchev–Trinajstić information content (AvgIpc) is 2.41. The zero-order valence-corrected chi connectivity index (χ0v) is 11.6. The maximum atomic E-state index is 13.6. The van der Waals surface area contributed by atoms with E-state index in [0.717, 1.165) is 24.3 Å². The van der Waals surface area contributed by atoms with Gasteiger partial charge in [-0.05, 0) is 41.5 Å². The maximum absolute atomic E-state index is 13.6. The Bertz CT molecular complexity index is 776. The fourth-order valence-electron chi connectivity index (χ4n) is 1.93. The lowest BCUT2D eigenvalue weighted by Gasteiger charge is -2.10. The van der Waals surface area contributed by atoms with E-state index in [4.69, 9.17) is 5.73 Å². The van der Waals surface area contributed by atoms with E-state index in [1.165, 1.54) is 6.07 Å². The molecule has 2 N–H and O–H groups in total. The molecule has 0 bridgehead atoms. The van der Waals surface area contributed by atoms with Gasteiger partial charge < -0.3 is 5.73 Å². The second-order valence-corrected chi connectivity index (χ2v) is 6.41. The van der Waals surface area contributed by atoms with E-state index < -0.39 is 37.9 Å². The van der Waals surface area contributed by atoms with Crippen LogP contribution in [0.2, 0.25) is 0 Å². The molecule has 0 saturated carbocycles. The summed E-state index contributed by atoms with van der Waals surface area (Å²) in [6, 6.07) is 5.70. The molecule has 0 aliphatic carbocycles. The van der Waals surface area contributed by atoms with Crippen LogP contribution in [-0.4, -0.2) is 8.42 Å². The molecule has 0 aliphatic heterocycles. The van der Waals surface area contributed by atoms with E-state index in [0.29, 0.717) is 11.6 Å². The number of sulfone groups is 1. The van der Waals surface area contributed by atoms with Gasteiger partial charge in [-0.25, -0.2) is 21.6 Å². The third-order valence-corrected chi connectivity index (χ3v) is 4.64. The van der Waals surface area contributed by atoms with Crippen LogP contribution in [-0.2, 0) is 22.1 Å². The summed E-state index contributed by atoms with van der Waals surface area (Å²) in [6.45, 7) is 0.0107. The van der Waals surface area contributed by atoms with Crippen molar-refractivity contribution in [1.82, 2.24) is 0 Å². The lowest BCUT2D eigenvalue weighted by molar-refractivity contribution is 0.552. The van der Waals surface area contributed by atoms with Crippen molar-refractivity contribution in [2.75, 3.05) is 0 Å². The maximum Gasteiger partial charge on any atom is 0.185 e. The predicted molar refractivity (Wildman–Crippen MR) is 71.5 cm³/mol. The zero-order valence-electron chi connectivity index (χ0n) is 10.8. The molecule has 0 atom stereocenters. The molecule has 21 heavy (non-hydrogen) atoms. The van der Waals surface area contributed by atoms with Gasteiger partial charge >= 0.3 is 0 Å². The lowest BCUT2D eigenvalue weighted by atomic mass is 10.1. The molecule has 0 heterocycles. The van der Waals surface area contributed by atoms with Crippen molar-refractivity contribution < 1.29 is 21.6 Å². The summed E-state index contributed by atoms with van der Waals surface area (Å²) < 4.78 is 64.3. The fraction of sp³-hybridized carbons (Fsp3) is 0.143. The number of hydrogen-bond donors (Lipinski definition) is 1. The second-order valence-electron chi connectivity index (χ2n) is 4.45. The Morgan fingerprint density at radius 3 is 2.19 bits per heavy atom. The molecule has 0 unspecified atom stereocenters. The first-order valence-electron chi connectivity index (χ1n) is 5.98. The third-order valence-electron chi connectivity index (χ3n) is 2.96. The Morgan fingerprint density at radius 1 is 0.905 bits per heavy atom. The van der Waals surface area contributed by atoms with Gasteiger partial charge in [0.2, 0.25) is 0 Å². The lowest BCUT2D eigenvalue weighted by Crippen LogP contribution is -2.11. The first kappa shape index (κ1) is 15.5. The van der Waals surface area contributed by atoms with Crippen LogP contribution in [0.15, 0.2) is 41.3 Å². The van der Waals surface area contributed by atoms with E-state index in [9.17, 15) is 21.6 Å². The van der Waals surface area contributed by atoms with E-state index >= 15 is 0 Å². The van der Waals surface area contributed by atoms with Crippen molar-refractivity contribution in [1.29, 1.82) is 0 Å². The SMILES string of the molecule is NCc1ccc(F)cc1CS(=O)(=O)c1cc(F)ccc1F. The van der Waals surface area contributed by atoms with E-state index in [-0.39, 0.29) is 12.1 Å².